The molecule has 3 N–H and O–H groups in total. The van der Waals surface area contributed by atoms with Gasteiger partial charge in [-0.25, -0.2) is 9.48 Å². The van der Waals surface area contributed by atoms with Crippen LogP contribution in [0, 0.1) is 0 Å². The summed E-state index contributed by atoms with van der Waals surface area (Å²) in [5.74, 6) is -1.92. The molecule has 32 heavy (non-hydrogen) atoms. The van der Waals surface area contributed by atoms with Crippen LogP contribution in [0.15, 0.2) is 85.1 Å². The maximum atomic E-state index is 12.2. The van der Waals surface area contributed by atoms with Gasteiger partial charge in [0.05, 0.1) is 18.0 Å². The molecule has 0 saturated carbocycles. The number of hydrogen-bond acceptors (Lipinski definition) is 4. The molecule has 7 heteroatoms. The van der Waals surface area contributed by atoms with Gasteiger partial charge in [-0.1, -0.05) is 54.6 Å². The predicted octanol–water partition coefficient (Wildman–Crippen LogP) is 3.27. The third-order valence-electron chi connectivity index (χ3n) is 5.00. The third kappa shape index (κ3) is 4.58. The summed E-state index contributed by atoms with van der Waals surface area (Å²) in [4.78, 5) is 23.2. The lowest BCUT2D eigenvalue weighted by molar-refractivity contribution is -0.142. The second-order valence-electron chi connectivity index (χ2n) is 7.19. The van der Waals surface area contributed by atoms with Crippen molar-refractivity contribution in [1.29, 1.82) is 0 Å². The fraction of sp³-hybridized carbons (Fsp3) is 0.0800. The van der Waals surface area contributed by atoms with Gasteiger partial charge in [-0.3, -0.25) is 4.79 Å². The smallest absolute Gasteiger partial charge is 0.328 e. The molecule has 0 aliphatic rings. The van der Waals surface area contributed by atoms with Crippen molar-refractivity contribution in [2.24, 2.45) is 0 Å². The Hall–Kier alpha value is -4.23. The number of aromatic nitrogens is 2. The highest BCUT2D eigenvalue weighted by Gasteiger charge is 2.17. The number of amides is 1. The Morgan fingerprint density at radius 1 is 1.00 bits per heavy atom. The van der Waals surface area contributed by atoms with Crippen molar-refractivity contribution in [3.05, 3.63) is 90.6 Å². The quantitative estimate of drug-likeness (QED) is 0.393. The SMILES string of the molecule is O=C(C=Cc1cn(-c2ccccc2)nc1-c1ccc2ccccc2c1)N[C@@H](CO)C(=O)O. The van der Waals surface area contributed by atoms with Crippen LogP contribution in [0.2, 0.25) is 0 Å². The van der Waals surface area contributed by atoms with Gasteiger partial charge in [0, 0.05) is 23.4 Å². The number of rotatable bonds is 7. The van der Waals surface area contributed by atoms with E-state index in [1.165, 1.54) is 6.08 Å². The van der Waals surface area contributed by atoms with Crippen molar-refractivity contribution in [2.45, 2.75) is 6.04 Å². The lowest BCUT2D eigenvalue weighted by Gasteiger charge is -2.09. The summed E-state index contributed by atoms with van der Waals surface area (Å²) in [7, 11) is 0. The van der Waals surface area contributed by atoms with Crippen LogP contribution in [0.4, 0.5) is 0 Å². The van der Waals surface area contributed by atoms with E-state index in [1.54, 1.807) is 10.8 Å². The number of carboxylic acid groups (broad SMARTS) is 1. The van der Waals surface area contributed by atoms with E-state index in [-0.39, 0.29) is 0 Å². The predicted molar refractivity (Wildman–Crippen MR) is 122 cm³/mol. The summed E-state index contributed by atoms with van der Waals surface area (Å²) in [5.41, 5.74) is 3.12. The molecular weight excluding hydrogens is 406 g/mol. The number of carbonyl (C=O) groups excluding carboxylic acids is 1. The Labute approximate surface area is 184 Å². The van der Waals surface area contributed by atoms with Crippen molar-refractivity contribution < 1.29 is 19.8 Å². The molecule has 0 fully saturated rings. The van der Waals surface area contributed by atoms with E-state index < -0.39 is 24.5 Å². The van der Waals surface area contributed by atoms with Crippen molar-refractivity contribution in [1.82, 2.24) is 15.1 Å². The molecule has 7 nitrogen and oxygen atoms in total. The first-order chi connectivity index (χ1) is 15.5. The van der Waals surface area contributed by atoms with Gasteiger partial charge in [-0.15, -0.1) is 0 Å². The van der Waals surface area contributed by atoms with Gasteiger partial charge in [-0.05, 0) is 35.0 Å². The number of aliphatic carboxylic acids is 1. The highest BCUT2D eigenvalue weighted by molar-refractivity contribution is 5.95. The molecular formula is C25H21N3O4. The van der Waals surface area contributed by atoms with Crippen LogP contribution in [0.25, 0.3) is 33.8 Å². The Kier molecular flexibility index (Phi) is 6.10. The minimum atomic E-state index is -1.36. The molecule has 1 aromatic heterocycles. The van der Waals surface area contributed by atoms with Gasteiger partial charge in [0.1, 0.15) is 0 Å². The summed E-state index contributed by atoms with van der Waals surface area (Å²) in [5, 5.41) is 27.3. The number of carboxylic acids is 1. The molecule has 0 aliphatic carbocycles. The highest BCUT2D eigenvalue weighted by atomic mass is 16.4. The molecule has 0 aliphatic heterocycles. The molecule has 1 atom stereocenters. The zero-order valence-electron chi connectivity index (χ0n) is 17.1. The molecule has 0 radical (unpaired) electrons. The average molecular weight is 427 g/mol. The zero-order chi connectivity index (χ0) is 22.5. The van der Waals surface area contributed by atoms with Crippen LogP contribution in [0.1, 0.15) is 5.56 Å². The van der Waals surface area contributed by atoms with Crippen LogP contribution >= 0.6 is 0 Å². The van der Waals surface area contributed by atoms with E-state index in [9.17, 15) is 9.59 Å². The molecule has 0 saturated heterocycles. The lowest BCUT2D eigenvalue weighted by Crippen LogP contribution is -2.42. The first-order valence-corrected chi connectivity index (χ1v) is 10.0. The summed E-state index contributed by atoms with van der Waals surface area (Å²) in [6, 6.07) is 22.3. The molecule has 0 spiro atoms. The number of hydrogen-bond donors (Lipinski definition) is 3. The minimum Gasteiger partial charge on any atom is -0.480 e. The number of para-hydroxylation sites is 1. The molecule has 4 rings (SSSR count). The van der Waals surface area contributed by atoms with Crippen LogP contribution < -0.4 is 5.32 Å². The number of fused-ring (bicyclic) bond motifs is 1. The van der Waals surface area contributed by atoms with Crippen LogP contribution in [0.5, 0.6) is 0 Å². The number of aliphatic hydroxyl groups is 1. The Morgan fingerprint density at radius 2 is 1.72 bits per heavy atom. The van der Waals surface area contributed by atoms with E-state index in [0.717, 1.165) is 22.0 Å². The molecule has 0 unspecified atom stereocenters. The van der Waals surface area contributed by atoms with Crippen LogP contribution in [-0.2, 0) is 9.59 Å². The number of carbonyl (C=O) groups is 2. The maximum Gasteiger partial charge on any atom is 0.328 e. The fourth-order valence-corrected chi connectivity index (χ4v) is 3.35. The van der Waals surface area contributed by atoms with E-state index in [2.05, 4.69) is 5.32 Å². The van der Waals surface area contributed by atoms with Crippen molar-refractivity contribution in [3.63, 3.8) is 0 Å². The number of benzene rings is 3. The zero-order valence-corrected chi connectivity index (χ0v) is 17.1. The Bertz CT molecular complexity index is 1300. The number of nitrogens with one attached hydrogen (secondary N) is 1. The summed E-state index contributed by atoms with van der Waals surface area (Å²) in [6.07, 6.45) is 4.63. The van der Waals surface area contributed by atoms with Crippen LogP contribution in [-0.4, -0.2) is 44.5 Å². The first kappa shape index (κ1) is 21.0. The largest absolute Gasteiger partial charge is 0.480 e. The molecule has 1 amide bonds. The maximum absolute atomic E-state index is 12.2. The summed E-state index contributed by atoms with van der Waals surface area (Å²) >= 11 is 0. The normalized spacial score (nSPS) is 12.2. The van der Waals surface area contributed by atoms with Gasteiger partial charge in [0.15, 0.2) is 6.04 Å². The minimum absolute atomic E-state index is 0.622. The lowest BCUT2D eigenvalue weighted by atomic mass is 10.0. The average Bonchev–Trinajstić information content (AvgIpc) is 3.25. The highest BCUT2D eigenvalue weighted by Crippen LogP contribution is 2.28. The number of aliphatic hydroxyl groups excluding tert-OH is 1. The van der Waals surface area contributed by atoms with Gasteiger partial charge in [0.2, 0.25) is 5.91 Å². The van der Waals surface area contributed by atoms with E-state index in [4.69, 9.17) is 15.3 Å². The van der Waals surface area contributed by atoms with Crippen molar-refractivity contribution in [2.75, 3.05) is 6.61 Å². The van der Waals surface area contributed by atoms with E-state index in [1.807, 2.05) is 79.0 Å². The van der Waals surface area contributed by atoms with Gasteiger partial charge in [0.25, 0.3) is 0 Å². The Balaban J connectivity index is 1.72. The van der Waals surface area contributed by atoms with Gasteiger partial charge >= 0.3 is 5.97 Å². The topological polar surface area (TPSA) is 104 Å². The molecule has 0 bridgehead atoms. The summed E-state index contributed by atoms with van der Waals surface area (Å²) in [6.45, 7) is -0.691. The third-order valence-corrected chi connectivity index (χ3v) is 5.00. The summed E-state index contributed by atoms with van der Waals surface area (Å²) < 4.78 is 1.73. The first-order valence-electron chi connectivity index (χ1n) is 10.0. The molecule has 4 aromatic rings. The van der Waals surface area contributed by atoms with E-state index in [0.29, 0.717) is 11.3 Å². The monoisotopic (exact) mass is 427 g/mol. The van der Waals surface area contributed by atoms with Gasteiger partial charge in [-0.2, -0.15) is 5.10 Å². The fourth-order valence-electron chi connectivity index (χ4n) is 3.35. The second kappa shape index (κ2) is 9.28. The Morgan fingerprint density at radius 3 is 2.44 bits per heavy atom. The number of nitrogens with zero attached hydrogens (tertiary/aromatic N) is 2. The molecule has 3 aromatic carbocycles. The van der Waals surface area contributed by atoms with Crippen LogP contribution in [0.3, 0.4) is 0 Å². The van der Waals surface area contributed by atoms with E-state index >= 15 is 0 Å². The van der Waals surface area contributed by atoms with Gasteiger partial charge < -0.3 is 15.5 Å². The molecule has 160 valence electrons. The standard InChI is InChI=1S/C25H21N3O4/c29-16-22(25(31)32)26-23(30)13-12-20-15-28(21-8-2-1-3-9-21)27-24(20)19-11-10-17-6-4-5-7-18(17)14-19/h1-15,22,29H,16H2,(H,26,30)(H,31,32)/t22-/m0/s1. The van der Waals surface area contributed by atoms with Crippen molar-refractivity contribution >= 4 is 28.7 Å². The molecule has 1 heterocycles. The second-order valence-corrected chi connectivity index (χ2v) is 7.19. The van der Waals surface area contributed by atoms with Crippen molar-refractivity contribution in [3.8, 4) is 16.9 Å².